The molecule has 0 radical (unpaired) electrons. The number of benzene rings is 2. The van der Waals surface area contributed by atoms with Crippen molar-refractivity contribution >= 4 is 30.2 Å². The molecule has 0 aliphatic carbocycles. The highest BCUT2D eigenvalue weighted by molar-refractivity contribution is 5.92. The summed E-state index contributed by atoms with van der Waals surface area (Å²) in [6.07, 6.45) is 2.94. The highest BCUT2D eigenvalue weighted by Crippen LogP contribution is 2.15. The fourth-order valence-electron chi connectivity index (χ4n) is 2.60. The number of allylic oxidation sites excluding steroid dienone is 1. The predicted octanol–water partition coefficient (Wildman–Crippen LogP) is 4.58. The quantitative estimate of drug-likeness (QED) is 0.627. The van der Waals surface area contributed by atoms with E-state index >= 15 is 0 Å². The predicted molar refractivity (Wildman–Crippen MR) is 126 cm³/mol. The number of nitrogens with one attached hydrogen (secondary N) is 2. The van der Waals surface area contributed by atoms with E-state index in [-0.39, 0.29) is 17.6 Å². The van der Waals surface area contributed by atoms with E-state index < -0.39 is 0 Å². The molecule has 0 aliphatic heterocycles. The summed E-state index contributed by atoms with van der Waals surface area (Å²) in [5, 5.41) is 7.81. The van der Waals surface area contributed by atoms with E-state index in [2.05, 4.69) is 28.8 Å². The number of hydrogen-bond acceptors (Lipinski definition) is 3. The molecule has 2 aromatic rings. The van der Waals surface area contributed by atoms with E-state index in [1.54, 1.807) is 18.3 Å². The molecule has 0 fully saturated rings. The molecular weight excluding hydrogens is 377 g/mol. The highest BCUT2D eigenvalue weighted by atomic mass is 19.1. The van der Waals surface area contributed by atoms with Gasteiger partial charge in [-0.1, -0.05) is 58.2 Å². The van der Waals surface area contributed by atoms with Crippen molar-refractivity contribution in [3.05, 3.63) is 77.1 Å². The fourth-order valence-corrected chi connectivity index (χ4v) is 2.60. The number of aliphatic imine (C=N–C) groups is 1. The van der Waals surface area contributed by atoms with Crippen molar-refractivity contribution in [1.82, 2.24) is 5.32 Å². The van der Waals surface area contributed by atoms with Crippen molar-refractivity contribution < 1.29 is 9.18 Å². The van der Waals surface area contributed by atoms with Crippen molar-refractivity contribution in [3.63, 3.8) is 0 Å². The first kappa shape index (κ1) is 24.8. The summed E-state index contributed by atoms with van der Waals surface area (Å²) in [4.78, 5) is 16.7. The Bertz CT molecular complexity index is 965. The Hall–Kier alpha value is -3.21. The number of carbonyl (C=O) groups is 1. The van der Waals surface area contributed by atoms with Crippen molar-refractivity contribution in [2.24, 2.45) is 10.9 Å². The molecule has 0 saturated heterocycles. The van der Waals surface area contributed by atoms with Gasteiger partial charge in [0.25, 0.3) is 0 Å². The van der Waals surface area contributed by atoms with Gasteiger partial charge in [-0.3, -0.25) is 4.79 Å². The van der Waals surface area contributed by atoms with E-state index in [1.165, 1.54) is 12.1 Å². The third kappa shape index (κ3) is 8.03. The van der Waals surface area contributed by atoms with Crippen LogP contribution in [-0.2, 0) is 4.79 Å². The number of carbonyl (C=O) groups excluding carboxylic acids is 1. The monoisotopic (exact) mass is 409 g/mol. The number of hydrogen-bond donors (Lipinski definition) is 2. The normalized spacial score (nSPS) is 12.4. The maximum absolute atomic E-state index is 13.0. The smallest absolute Gasteiger partial charge is 0.227 e. The third-order valence-electron chi connectivity index (χ3n) is 4.26. The van der Waals surface area contributed by atoms with Crippen LogP contribution in [0.1, 0.15) is 40.5 Å². The molecule has 1 unspecified atom stereocenters. The van der Waals surface area contributed by atoms with Crippen LogP contribution in [0.25, 0.3) is 12.4 Å². The van der Waals surface area contributed by atoms with E-state index in [9.17, 15) is 9.18 Å². The van der Waals surface area contributed by atoms with Crippen LogP contribution in [0.4, 0.5) is 10.1 Å². The lowest BCUT2D eigenvalue weighted by atomic mass is 10.0. The largest absolute Gasteiger partial charge is 0.344 e. The number of halogens is 1. The molecule has 0 saturated carbocycles. The molecule has 1 atom stereocenters. The fraction of sp³-hybridized carbons (Fsp3) is 0.280. The number of anilines is 1. The summed E-state index contributed by atoms with van der Waals surface area (Å²) in [6.45, 7) is 15.8. The molecule has 2 rings (SSSR count). The molecule has 1 amide bonds. The van der Waals surface area contributed by atoms with Crippen molar-refractivity contribution in [1.29, 1.82) is 0 Å². The maximum atomic E-state index is 13.0. The van der Waals surface area contributed by atoms with Gasteiger partial charge in [0.15, 0.2) is 0 Å². The molecule has 0 heterocycles. The maximum Gasteiger partial charge on any atom is 0.227 e. The van der Waals surface area contributed by atoms with E-state index in [4.69, 9.17) is 0 Å². The van der Waals surface area contributed by atoms with Crippen molar-refractivity contribution in [2.45, 2.75) is 40.5 Å². The Balaban J connectivity index is 0.00000218. The Morgan fingerprint density at radius 1 is 1.17 bits per heavy atom. The van der Waals surface area contributed by atoms with Crippen LogP contribution in [0.5, 0.6) is 0 Å². The van der Waals surface area contributed by atoms with Crippen LogP contribution in [0.2, 0.25) is 0 Å². The van der Waals surface area contributed by atoms with E-state index in [0.717, 1.165) is 16.1 Å². The molecule has 2 N–H and O–H groups in total. The number of nitrogens with zero attached hydrogens (tertiary/aromatic N) is 1. The Morgan fingerprint density at radius 2 is 1.80 bits per heavy atom. The van der Waals surface area contributed by atoms with Gasteiger partial charge in [-0.15, -0.1) is 0 Å². The van der Waals surface area contributed by atoms with Gasteiger partial charge in [0.2, 0.25) is 5.91 Å². The van der Waals surface area contributed by atoms with Crippen LogP contribution < -0.4 is 21.1 Å². The average Bonchev–Trinajstić information content (AvgIpc) is 2.75. The van der Waals surface area contributed by atoms with Gasteiger partial charge in [-0.25, -0.2) is 9.38 Å². The second kappa shape index (κ2) is 13.1. The van der Waals surface area contributed by atoms with Gasteiger partial charge in [0.1, 0.15) is 11.6 Å². The van der Waals surface area contributed by atoms with Crippen LogP contribution in [-0.4, -0.2) is 12.1 Å². The molecule has 4 nitrogen and oxygen atoms in total. The summed E-state index contributed by atoms with van der Waals surface area (Å²) in [7, 11) is 0. The SMILES string of the molecule is C=C(CCC(C)C(=O)Nc1ccc(F)cc1)NC(/N=C\C)=c1\ccccc1=C.CC. The Labute approximate surface area is 178 Å². The summed E-state index contributed by atoms with van der Waals surface area (Å²) < 4.78 is 13.0. The van der Waals surface area contributed by atoms with Gasteiger partial charge in [0.05, 0.1) is 0 Å². The van der Waals surface area contributed by atoms with Gasteiger partial charge in [-0.05, 0) is 49.2 Å². The molecule has 0 spiro atoms. The standard InChI is InChI=1S/C23H26FN3O.C2H6/c1-5-25-22(21-9-7-6-8-16(21)2)26-18(4)11-10-17(3)23(28)27-20-14-12-19(24)13-15-20;1-2/h5-9,12-15,17,26H,2,4,10-11H2,1,3H3,(H,27,28);1-2H3/b22-21+,25-5-;. The van der Waals surface area contributed by atoms with E-state index in [1.807, 2.05) is 52.0 Å². The zero-order chi connectivity index (χ0) is 22.5. The molecule has 2 aromatic carbocycles. The van der Waals surface area contributed by atoms with Crippen LogP contribution in [0.3, 0.4) is 0 Å². The van der Waals surface area contributed by atoms with Gasteiger partial charge in [0, 0.05) is 28.7 Å². The Kier molecular flexibility index (Phi) is 10.8. The molecule has 30 heavy (non-hydrogen) atoms. The van der Waals surface area contributed by atoms with Gasteiger partial charge in [-0.2, -0.15) is 0 Å². The lowest BCUT2D eigenvalue weighted by Crippen LogP contribution is -2.30. The first-order valence-corrected chi connectivity index (χ1v) is 10.2. The minimum Gasteiger partial charge on any atom is -0.344 e. The van der Waals surface area contributed by atoms with E-state index in [0.29, 0.717) is 24.4 Å². The molecular formula is C25H32FN3O. The molecule has 160 valence electrons. The molecule has 5 heteroatoms. The summed E-state index contributed by atoms with van der Waals surface area (Å²) in [5.74, 6) is 0.0146. The molecule has 0 bridgehead atoms. The Morgan fingerprint density at radius 3 is 2.40 bits per heavy atom. The lowest BCUT2D eigenvalue weighted by molar-refractivity contribution is -0.119. The van der Waals surface area contributed by atoms with Crippen molar-refractivity contribution in [3.8, 4) is 0 Å². The van der Waals surface area contributed by atoms with Gasteiger partial charge < -0.3 is 10.6 Å². The number of rotatable bonds is 8. The second-order valence-electron chi connectivity index (χ2n) is 6.56. The zero-order valence-electron chi connectivity index (χ0n) is 18.3. The van der Waals surface area contributed by atoms with Crippen LogP contribution in [0.15, 0.2) is 65.8 Å². The van der Waals surface area contributed by atoms with Crippen LogP contribution >= 0.6 is 0 Å². The zero-order valence-corrected chi connectivity index (χ0v) is 18.3. The summed E-state index contributed by atoms with van der Waals surface area (Å²) in [6, 6.07) is 13.4. The number of amides is 1. The topological polar surface area (TPSA) is 53.5 Å². The second-order valence-corrected chi connectivity index (χ2v) is 6.56. The molecule has 0 aromatic heterocycles. The van der Waals surface area contributed by atoms with Gasteiger partial charge >= 0.3 is 0 Å². The molecule has 0 aliphatic rings. The summed E-state index contributed by atoms with van der Waals surface area (Å²) in [5.41, 5.74) is 1.35. The first-order chi connectivity index (χ1) is 14.4. The van der Waals surface area contributed by atoms with Crippen LogP contribution in [0, 0.1) is 11.7 Å². The third-order valence-corrected chi connectivity index (χ3v) is 4.26. The first-order valence-electron chi connectivity index (χ1n) is 10.2. The summed E-state index contributed by atoms with van der Waals surface area (Å²) >= 11 is 0. The minimum atomic E-state index is -0.334. The lowest BCUT2D eigenvalue weighted by Gasteiger charge is -2.14. The van der Waals surface area contributed by atoms with Crippen molar-refractivity contribution in [2.75, 3.05) is 5.32 Å². The average molecular weight is 410 g/mol. The minimum absolute atomic E-state index is 0.113. The highest BCUT2D eigenvalue weighted by Gasteiger charge is 2.14.